The lowest BCUT2D eigenvalue weighted by Crippen LogP contribution is -2.19. The Morgan fingerprint density at radius 1 is 1.22 bits per heavy atom. The predicted molar refractivity (Wildman–Crippen MR) is 68.2 cm³/mol. The SMILES string of the molecule is Cc1ccc(S(=O)/C=C/n2nnn(C)c2=O)cc1. The summed E-state index contributed by atoms with van der Waals surface area (Å²) < 4.78 is 14.0. The van der Waals surface area contributed by atoms with E-state index in [4.69, 9.17) is 0 Å². The number of rotatable bonds is 3. The van der Waals surface area contributed by atoms with Gasteiger partial charge < -0.3 is 0 Å². The van der Waals surface area contributed by atoms with Crippen LogP contribution < -0.4 is 5.69 Å². The highest BCUT2D eigenvalue weighted by atomic mass is 32.2. The molecule has 1 aromatic carbocycles. The van der Waals surface area contributed by atoms with Crippen molar-refractivity contribution in [1.82, 2.24) is 19.8 Å². The molecule has 1 atom stereocenters. The van der Waals surface area contributed by atoms with Gasteiger partial charge in [-0.1, -0.05) is 17.7 Å². The van der Waals surface area contributed by atoms with Crippen LogP contribution in [0, 0.1) is 6.92 Å². The molecule has 0 spiro atoms. The van der Waals surface area contributed by atoms with Crippen LogP contribution in [0.2, 0.25) is 0 Å². The molecular formula is C11H12N4O2S. The second kappa shape index (κ2) is 5.09. The molecule has 7 heteroatoms. The van der Waals surface area contributed by atoms with E-state index in [0.717, 1.165) is 14.9 Å². The van der Waals surface area contributed by atoms with Gasteiger partial charge in [-0.05, 0) is 29.5 Å². The summed E-state index contributed by atoms with van der Waals surface area (Å²) in [6.45, 7) is 1.96. The zero-order chi connectivity index (χ0) is 13.1. The van der Waals surface area contributed by atoms with Crippen LogP contribution in [0.25, 0.3) is 6.20 Å². The third-order valence-corrected chi connectivity index (χ3v) is 3.43. The second-order valence-electron chi connectivity index (χ2n) is 3.73. The van der Waals surface area contributed by atoms with Gasteiger partial charge in [-0.25, -0.2) is 9.00 Å². The maximum atomic E-state index is 11.9. The van der Waals surface area contributed by atoms with E-state index in [1.807, 2.05) is 19.1 Å². The van der Waals surface area contributed by atoms with E-state index in [1.54, 1.807) is 12.1 Å². The molecule has 0 radical (unpaired) electrons. The summed E-state index contributed by atoms with van der Waals surface area (Å²) in [5.41, 5.74) is 0.719. The van der Waals surface area contributed by atoms with Gasteiger partial charge in [-0.3, -0.25) is 0 Å². The largest absolute Gasteiger partial charge is 0.367 e. The summed E-state index contributed by atoms with van der Waals surface area (Å²) in [6.07, 6.45) is 1.35. The van der Waals surface area contributed by atoms with Crippen molar-refractivity contribution < 1.29 is 4.21 Å². The summed E-state index contributed by atoms with van der Waals surface area (Å²) in [4.78, 5) is 12.1. The van der Waals surface area contributed by atoms with Crippen LogP contribution >= 0.6 is 0 Å². The Morgan fingerprint density at radius 2 is 1.89 bits per heavy atom. The Balaban J connectivity index is 2.19. The van der Waals surface area contributed by atoms with E-state index in [1.165, 1.54) is 18.7 Å². The zero-order valence-corrected chi connectivity index (χ0v) is 10.8. The molecule has 0 bridgehead atoms. The third kappa shape index (κ3) is 2.62. The van der Waals surface area contributed by atoms with Crippen molar-refractivity contribution in [3.8, 4) is 0 Å². The van der Waals surface area contributed by atoms with Crippen LogP contribution in [-0.2, 0) is 17.8 Å². The first-order chi connectivity index (χ1) is 8.58. The highest BCUT2D eigenvalue weighted by Gasteiger charge is 2.01. The fourth-order valence-corrected chi connectivity index (χ4v) is 2.07. The summed E-state index contributed by atoms with van der Waals surface area (Å²) >= 11 is 0. The Hall–Kier alpha value is -2.02. The average molecular weight is 264 g/mol. The molecule has 18 heavy (non-hydrogen) atoms. The van der Waals surface area contributed by atoms with Crippen molar-refractivity contribution >= 4 is 17.0 Å². The predicted octanol–water partition coefficient (Wildman–Crippen LogP) is 0.521. The van der Waals surface area contributed by atoms with Crippen molar-refractivity contribution in [2.24, 2.45) is 7.05 Å². The Kier molecular flexibility index (Phi) is 3.52. The molecule has 0 saturated heterocycles. The molecule has 0 aliphatic heterocycles. The van der Waals surface area contributed by atoms with Crippen molar-refractivity contribution in [1.29, 1.82) is 0 Å². The molecule has 1 heterocycles. The molecule has 2 aromatic rings. The normalized spacial score (nSPS) is 13.0. The molecule has 6 nitrogen and oxygen atoms in total. The van der Waals surface area contributed by atoms with Gasteiger partial charge in [0.25, 0.3) is 0 Å². The lowest BCUT2D eigenvalue weighted by molar-refractivity contribution is 0.688. The van der Waals surface area contributed by atoms with Crippen LogP contribution in [0.15, 0.2) is 39.4 Å². The minimum atomic E-state index is -1.31. The molecule has 0 N–H and O–H groups in total. The molecule has 2 rings (SSSR count). The van der Waals surface area contributed by atoms with E-state index in [0.29, 0.717) is 4.90 Å². The minimum Gasteiger partial charge on any atom is -0.250 e. The summed E-state index contributed by atoms with van der Waals surface area (Å²) in [7, 11) is 0.188. The average Bonchev–Trinajstić information content (AvgIpc) is 2.68. The van der Waals surface area contributed by atoms with E-state index in [-0.39, 0.29) is 5.69 Å². The topological polar surface area (TPSA) is 69.8 Å². The first kappa shape index (κ1) is 12.4. The summed E-state index contributed by atoms with van der Waals surface area (Å²) in [6, 6.07) is 7.34. The van der Waals surface area contributed by atoms with Gasteiger partial charge in [0.15, 0.2) is 0 Å². The molecule has 1 unspecified atom stereocenters. The quantitative estimate of drug-likeness (QED) is 0.810. The number of tetrazole rings is 1. The van der Waals surface area contributed by atoms with Crippen LogP contribution in [0.5, 0.6) is 0 Å². The highest BCUT2D eigenvalue weighted by Crippen LogP contribution is 2.09. The van der Waals surface area contributed by atoms with Gasteiger partial charge in [-0.15, -0.1) is 0 Å². The lowest BCUT2D eigenvalue weighted by atomic mass is 10.2. The molecule has 0 aliphatic rings. The first-order valence-corrected chi connectivity index (χ1v) is 6.43. The van der Waals surface area contributed by atoms with E-state index in [9.17, 15) is 9.00 Å². The summed E-state index contributed by atoms with van der Waals surface area (Å²) in [5, 5.41) is 8.54. The van der Waals surface area contributed by atoms with Crippen molar-refractivity contribution in [3.63, 3.8) is 0 Å². The minimum absolute atomic E-state index is 0.382. The van der Waals surface area contributed by atoms with Crippen molar-refractivity contribution in [3.05, 3.63) is 45.7 Å². The number of hydrogen-bond donors (Lipinski definition) is 0. The standard InChI is InChI=1S/C11H12N4O2S/c1-9-3-5-10(6-4-9)18(17)8-7-15-11(16)14(2)12-13-15/h3-8H,1-2H3/b8-7+. The van der Waals surface area contributed by atoms with Crippen LogP contribution in [0.1, 0.15) is 5.56 Å². The first-order valence-electron chi connectivity index (χ1n) is 5.22. The maximum absolute atomic E-state index is 11.9. The molecule has 0 saturated carbocycles. The highest BCUT2D eigenvalue weighted by molar-refractivity contribution is 7.88. The van der Waals surface area contributed by atoms with E-state index < -0.39 is 10.8 Å². The van der Waals surface area contributed by atoms with Gasteiger partial charge >= 0.3 is 5.69 Å². The Morgan fingerprint density at radius 3 is 2.44 bits per heavy atom. The Bertz CT molecular complexity index is 654. The van der Waals surface area contributed by atoms with E-state index in [2.05, 4.69) is 10.4 Å². The zero-order valence-electron chi connectivity index (χ0n) is 9.98. The number of aromatic nitrogens is 4. The van der Waals surface area contributed by atoms with Crippen LogP contribution in [0.4, 0.5) is 0 Å². The maximum Gasteiger partial charge on any atom is 0.367 e. The van der Waals surface area contributed by atoms with Gasteiger partial charge in [-0.2, -0.15) is 9.36 Å². The van der Waals surface area contributed by atoms with Gasteiger partial charge in [0.05, 0.1) is 10.8 Å². The Labute approximate surface area is 106 Å². The number of nitrogens with zero attached hydrogens (tertiary/aromatic N) is 4. The molecule has 94 valence electrons. The fraction of sp³-hybridized carbons (Fsp3) is 0.182. The number of hydrogen-bond acceptors (Lipinski definition) is 4. The van der Waals surface area contributed by atoms with E-state index >= 15 is 0 Å². The van der Waals surface area contributed by atoms with Gasteiger partial charge in [0.2, 0.25) is 0 Å². The van der Waals surface area contributed by atoms with Gasteiger partial charge in [0.1, 0.15) is 0 Å². The van der Waals surface area contributed by atoms with Crippen molar-refractivity contribution in [2.75, 3.05) is 0 Å². The number of benzene rings is 1. The van der Waals surface area contributed by atoms with Crippen LogP contribution in [-0.4, -0.2) is 24.0 Å². The molecule has 1 aromatic heterocycles. The molecule has 0 amide bonds. The number of aryl methyl sites for hydroxylation is 2. The third-order valence-electron chi connectivity index (χ3n) is 2.32. The fourth-order valence-electron chi connectivity index (χ4n) is 1.29. The lowest BCUT2D eigenvalue weighted by Gasteiger charge is -1.97. The van der Waals surface area contributed by atoms with Crippen LogP contribution in [0.3, 0.4) is 0 Å². The molecular weight excluding hydrogens is 252 g/mol. The molecule has 0 fully saturated rings. The monoisotopic (exact) mass is 264 g/mol. The second-order valence-corrected chi connectivity index (χ2v) is 5.06. The van der Waals surface area contributed by atoms with Gasteiger partial charge in [0, 0.05) is 23.6 Å². The summed E-state index contributed by atoms with van der Waals surface area (Å²) in [5.74, 6) is 0. The smallest absolute Gasteiger partial charge is 0.250 e. The van der Waals surface area contributed by atoms with Crippen molar-refractivity contribution in [2.45, 2.75) is 11.8 Å². The molecule has 0 aliphatic carbocycles.